The van der Waals surface area contributed by atoms with E-state index in [2.05, 4.69) is 5.32 Å². The largest absolute Gasteiger partial charge is 0.496 e. The first kappa shape index (κ1) is 17.0. The van der Waals surface area contributed by atoms with Crippen molar-refractivity contribution in [1.29, 1.82) is 0 Å². The van der Waals surface area contributed by atoms with Crippen molar-refractivity contribution in [3.8, 4) is 5.75 Å². The van der Waals surface area contributed by atoms with Crippen LogP contribution in [-0.4, -0.2) is 21.4 Å². The number of carbonyl (C=O) groups is 1. The molecule has 0 aliphatic carbocycles. The Morgan fingerprint density at radius 2 is 1.87 bits per heavy atom. The van der Waals surface area contributed by atoms with Gasteiger partial charge >= 0.3 is 0 Å². The fourth-order valence-electron chi connectivity index (χ4n) is 2.12. The second-order valence-corrected chi connectivity index (χ2v) is 6.67. The van der Waals surface area contributed by atoms with Crippen molar-refractivity contribution < 1.29 is 17.9 Å². The standard InChI is InChI=1S/C16H18N2O4S/c1-10-5-4-6-14(11(10)2)18-16(19)13-9-12(23(17,20)21)7-8-15(13)22-3/h4-9H,1-3H3,(H,18,19)(H2,17,20,21). The molecule has 0 fully saturated rings. The summed E-state index contributed by atoms with van der Waals surface area (Å²) < 4.78 is 28.1. The number of sulfonamides is 1. The van der Waals surface area contributed by atoms with E-state index >= 15 is 0 Å². The van der Waals surface area contributed by atoms with Crippen molar-refractivity contribution in [3.05, 3.63) is 53.1 Å². The number of primary sulfonamides is 1. The van der Waals surface area contributed by atoms with Crippen LogP contribution in [0.15, 0.2) is 41.3 Å². The van der Waals surface area contributed by atoms with Crippen molar-refractivity contribution in [2.45, 2.75) is 18.7 Å². The lowest BCUT2D eigenvalue weighted by atomic mass is 10.1. The number of nitrogens with two attached hydrogens (primary N) is 1. The van der Waals surface area contributed by atoms with E-state index in [4.69, 9.17) is 9.88 Å². The molecule has 0 aromatic heterocycles. The summed E-state index contributed by atoms with van der Waals surface area (Å²) in [5.74, 6) is -0.207. The fraction of sp³-hybridized carbons (Fsp3) is 0.188. The molecule has 0 atom stereocenters. The van der Waals surface area contributed by atoms with Gasteiger partial charge in [0.2, 0.25) is 10.0 Å². The number of rotatable bonds is 4. The van der Waals surface area contributed by atoms with E-state index in [1.54, 1.807) is 6.07 Å². The molecule has 0 aliphatic heterocycles. The maximum absolute atomic E-state index is 12.5. The third-order valence-electron chi connectivity index (χ3n) is 3.60. The molecular weight excluding hydrogens is 316 g/mol. The zero-order chi connectivity index (χ0) is 17.2. The summed E-state index contributed by atoms with van der Waals surface area (Å²) in [5.41, 5.74) is 2.72. The molecule has 122 valence electrons. The first-order chi connectivity index (χ1) is 10.7. The molecule has 0 heterocycles. The second-order valence-electron chi connectivity index (χ2n) is 5.11. The van der Waals surface area contributed by atoms with Gasteiger partial charge in [-0.05, 0) is 49.2 Å². The molecule has 1 amide bonds. The Morgan fingerprint density at radius 3 is 2.48 bits per heavy atom. The minimum atomic E-state index is -3.91. The molecule has 0 aliphatic rings. The number of hydrogen-bond donors (Lipinski definition) is 2. The Hall–Kier alpha value is -2.38. The van der Waals surface area contributed by atoms with E-state index in [1.807, 2.05) is 26.0 Å². The van der Waals surface area contributed by atoms with Crippen LogP contribution in [0.25, 0.3) is 0 Å². The van der Waals surface area contributed by atoms with E-state index in [1.165, 1.54) is 25.3 Å². The van der Waals surface area contributed by atoms with Crippen molar-refractivity contribution in [3.63, 3.8) is 0 Å². The van der Waals surface area contributed by atoms with Crippen LogP contribution in [0.4, 0.5) is 5.69 Å². The van der Waals surface area contributed by atoms with Crippen molar-refractivity contribution >= 4 is 21.6 Å². The Morgan fingerprint density at radius 1 is 1.17 bits per heavy atom. The number of aryl methyl sites for hydroxylation is 1. The van der Waals surface area contributed by atoms with Crippen LogP contribution >= 0.6 is 0 Å². The maximum Gasteiger partial charge on any atom is 0.259 e. The summed E-state index contributed by atoms with van der Waals surface area (Å²) in [6.07, 6.45) is 0. The third kappa shape index (κ3) is 3.69. The highest BCUT2D eigenvalue weighted by Gasteiger charge is 2.18. The monoisotopic (exact) mass is 334 g/mol. The fourth-order valence-corrected chi connectivity index (χ4v) is 2.66. The van der Waals surface area contributed by atoms with Gasteiger partial charge in [0, 0.05) is 5.69 Å². The molecule has 23 heavy (non-hydrogen) atoms. The van der Waals surface area contributed by atoms with Gasteiger partial charge in [-0.25, -0.2) is 13.6 Å². The van der Waals surface area contributed by atoms with Crippen molar-refractivity contribution in [1.82, 2.24) is 0 Å². The SMILES string of the molecule is COc1ccc(S(N)(=O)=O)cc1C(=O)Nc1cccc(C)c1C. The Balaban J connectivity index is 2.44. The quantitative estimate of drug-likeness (QED) is 0.895. The first-order valence-corrected chi connectivity index (χ1v) is 8.37. The van der Waals surface area contributed by atoms with E-state index < -0.39 is 15.9 Å². The van der Waals surface area contributed by atoms with Crippen LogP contribution in [0, 0.1) is 13.8 Å². The van der Waals surface area contributed by atoms with Gasteiger partial charge in [0.05, 0.1) is 17.6 Å². The third-order valence-corrected chi connectivity index (χ3v) is 4.51. The summed E-state index contributed by atoms with van der Waals surface area (Å²) in [5, 5.41) is 7.88. The molecule has 0 radical (unpaired) electrons. The summed E-state index contributed by atoms with van der Waals surface area (Å²) in [7, 11) is -2.50. The lowest BCUT2D eigenvalue weighted by molar-refractivity contribution is 0.102. The molecule has 6 nitrogen and oxygen atoms in total. The van der Waals surface area contributed by atoms with Gasteiger partial charge in [0.1, 0.15) is 5.75 Å². The molecular formula is C16H18N2O4S. The predicted octanol–water partition coefficient (Wildman–Crippen LogP) is 2.21. The van der Waals surface area contributed by atoms with E-state index in [0.717, 1.165) is 11.1 Å². The molecule has 0 spiro atoms. The molecule has 2 rings (SSSR count). The predicted molar refractivity (Wildman–Crippen MR) is 88.2 cm³/mol. The normalized spacial score (nSPS) is 11.1. The summed E-state index contributed by atoms with van der Waals surface area (Å²) in [6, 6.07) is 9.44. The number of nitrogens with one attached hydrogen (secondary N) is 1. The van der Waals surface area contributed by atoms with Gasteiger partial charge in [-0.1, -0.05) is 12.1 Å². The molecule has 0 unspecified atom stereocenters. The highest BCUT2D eigenvalue weighted by Crippen LogP contribution is 2.24. The van der Waals surface area contributed by atoms with E-state index in [9.17, 15) is 13.2 Å². The summed E-state index contributed by atoms with van der Waals surface area (Å²) in [6.45, 7) is 3.83. The smallest absolute Gasteiger partial charge is 0.259 e. The summed E-state index contributed by atoms with van der Waals surface area (Å²) in [4.78, 5) is 12.4. The highest BCUT2D eigenvalue weighted by atomic mass is 32.2. The number of hydrogen-bond acceptors (Lipinski definition) is 4. The minimum Gasteiger partial charge on any atom is -0.496 e. The van der Waals surface area contributed by atoms with Crippen molar-refractivity contribution in [2.24, 2.45) is 5.14 Å². The van der Waals surface area contributed by atoms with E-state index in [-0.39, 0.29) is 16.2 Å². The van der Waals surface area contributed by atoms with E-state index in [0.29, 0.717) is 5.69 Å². The van der Waals surface area contributed by atoms with Crippen LogP contribution in [0.2, 0.25) is 0 Å². The number of ether oxygens (including phenoxy) is 1. The highest BCUT2D eigenvalue weighted by molar-refractivity contribution is 7.89. The molecule has 2 aromatic rings. The maximum atomic E-state index is 12.5. The minimum absolute atomic E-state index is 0.0972. The average molecular weight is 334 g/mol. The Labute approximate surface area is 135 Å². The van der Waals surface area contributed by atoms with Crippen molar-refractivity contribution in [2.75, 3.05) is 12.4 Å². The molecule has 7 heteroatoms. The van der Waals surface area contributed by atoms with Gasteiger partial charge in [-0.3, -0.25) is 4.79 Å². The van der Waals surface area contributed by atoms with Gasteiger partial charge in [-0.2, -0.15) is 0 Å². The molecule has 3 N–H and O–H groups in total. The lowest BCUT2D eigenvalue weighted by Gasteiger charge is -2.13. The number of amides is 1. The van der Waals surface area contributed by atoms with Gasteiger partial charge < -0.3 is 10.1 Å². The van der Waals surface area contributed by atoms with Crippen LogP contribution in [-0.2, 0) is 10.0 Å². The van der Waals surface area contributed by atoms with Crippen LogP contribution in [0.1, 0.15) is 21.5 Å². The van der Waals surface area contributed by atoms with Gasteiger partial charge in [-0.15, -0.1) is 0 Å². The van der Waals surface area contributed by atoms with Gasteiger partial charge in [0.15, 0.2) is 0 Å². The summed E-state index contributed by atoms with van der Waals surface area (Å²) >= 11 is 0. The molecule has 2 aromatic carbocycles. The lowest BCUT2D eigenvalue weighted by Crippen LogP contribution is -2.17. The molecule has 0 bridgehead atoms. The number of anilines is 1. The zero-order valence-corrected chi connectivity index (χ0v) is 13.9. The number of carbonyl (C=O) groups excluding carboxylic acids is 1. The first-order valence-electron chi connectivity index (χ1n) is 6.82. The molecule has 0 saturated carbocycles. The van der Waals surface area contributed by atoms with Gasteiger partial charge in [0.25, 0.3) is 5.91 Å². The molecule has 0 saturated heterocycles. The Bertz CT molecular complexity index is 860. The average Bonchev–Trinajstić information content (AvgIpc) is 2.50. The van der Waals surface area contributed by atoms with Crippen LogP contribution in [0.3, 0.4) is 0 Å². The number of methoxy groups -OCH3 is 1. The second kappa shape index (κ2) is 6.39. The number of benzene rings is 2. The van der Waals surface area contributed by atoms with Crippen LogP contribution in [0.5, 0.6) is 5.75 Å². The Kier molecular flexibility index (Phi) is 4.72. The topological polar surface area (TPSA) is 98.5 Å². The van der Waals surface area contributed by atoms with Crippen LogP contribution < -0.4 is 15.2 Å². The zero-order valence-electron chi connectivity index (χ0n) is 13.1.